The second kappa shape index (κ2) is 43.1. The zero-order valence-electron chi connectivity index (χ0n) is 37.5. The Morgan fingerprint density at radius 1 is 0.377 bits per heavy atom. The Labute approximate surface area is 399 Å². The third-order valence-electron chi connectivity index (χ3n) is 8.45. The minimum atomic E-state index is -3.06. The Bertz CT molecular complexity index is 1040. The van der Waals surface area contributed by atoms with Gasteiger partial charge in [-0.3, -0.25) is 0 Å². The molecule has 0 aromatic heterocycles. The van der Waals surface area contributed by atoms with Crippen molar-refractivity contribution in [1.29, 1.82) is 0 Å². The zero-order valence-corrected chi connectivity index (χ0v) is 44.8. The fraction of sp³-hybridized carbons (Fsp3) is 0.842. The average Bonchev–Trinajstić information content (AvgIpc) is 3.19. The molecule has 23 heteroatoms. The molecule has 0 saturated carbocycles. The summed E-state index contributed by atoms with van der Waals surface area (Å²) in [7, 11) is 0. The van der Waals surface area contributed by atoms with Crippen LogP contribution >= 0.6 is 0 Å². The van der Waals surface area contributed by atoms with Crippen molar-refractivity contribution in [2.45, 2.75) is 157 Å². The molecule has 0 aliphatic heterocycles. The van der Waals surface area contributed by atoms with Crippen LogP contribution in [0.2, 0.25) is 0 Å². The monoisotopic (exact) mass is 1110 g/mol. The molecule has 0 fully saturated rings. The van der Waals surface area contributed by atoms with E-state index < -0.39 is 143 Å². The number of hydrogen-bond donors (Lipinski definition) is 2. The molecule has 0 amide bonds. The summed E-state index contributed by atoms with van der Waals surface area (Å²) < 4.78 is 31.4. The predicted octanol–water partition coefficient (Wildman–Crippen LogP) is -2.42. The zero-order chi connectivity index (χ0) is 48.6. The first-order valence-electron chi connectivity index (χ1n) is 20.3. The number of hydrogen-bond acceptors (Lipinski definition) is 20. The molecule has 0 rings (SSSR count). The fourth-order valence-electron chi connectivity index (χ4n) is 4.86. The van der Waals surface area contributed by atoms with Crippen molar-refractivity contribution >= 4 is 35.8 Å². The second-order valence-corrected chi connectivity index (χ2v) is 18.4. The van der Waals surface area contributed by atoms with E-state index in [9.17, 15) is 69.6 Å². The van der Waals surface area contributed by atoms with Crippen molar-refractivity contribution in [1.82, 2.24) is 0 Å². The van der Waals surface area contributed by atoms with Gasteiger partial charge in [0.2, 0.25) is 0 Å². The molecular formula is C38H68O20Zr3. The van der Waals surface area contributed by atoms with Gasteiger partial charge in [-0.15, -0.1) is 0 Å². The van der Waals surface area contributed by atoms with Crippen LogP contribution in [0.1, 0.15) is 146 Å². The van der Waals surface area contributed by atoms with E-state index in [-0.39, 0.29) is 25.7 Å². The first-order chi connectivity index (χ1) is 28.6. The van der Waals surface area contributed by atoms with E-state index in [1.165, 1.54) is 27.7 Å². The van der Waals surface area contributed by atoms with Crippen molar-refractivity contribution < 1.29 is 159 Å². The third-order valence-corrected chi connectivity index (χ3v) is 13.2. The quantitative estimate of drug-likeness (QED) is 0.0662. The number of aliphatic hydroxyl groups is 2. The predicted molar refractivity (Wildman–Crippen MR) is 193 cm³/mol. The van der Waals surface area contributed by atoms with E-state index in [1.807, 2.05) is 0 Å². The number of carbonyl (C=O) groups excluding carboxylic acids is 6. The molecule has 0 radical (unpaired) electrons. The fourth-order valence-corrected chi connectivity index (χ4v) is 9.72. The number of carboxylic acid groups (broad SMARTS) is 6. The van der Waals surface area contributed by atoms with Gasteiger partial charge in [0.15, 0.2) is 0 Å². The topological polar surface area (TPSA) is 337 Å². The molecule has 0 saturated heterocycles. The van der Waals surface area contributed by atoms with Crippen molar-refractivity contribution in [2.75, 3.05) is 39.6 Å². The van der Waals surface area contributed by atoms with Gasteiger partial charge in [0.25, 0.3) is 0 Å². The summed E-state index contributed by atoms with van der Waals surface area (Å²) in [5.74, 6) is -11.8. The molecule has 0 bridgehead atoms. The minimum absolute atomic E-state index is 0.316. The Hall–Kier alpha value is -0.851. The number of aliphatic carboxylic acids is 6. The van der Waals surface area contributed by atoms with Gasteiger partial charge in [0.1, 0.15) is 11.2 Å². The summed E-state index contributed by atoms with van der Waals surface area (Å²) in [4.78, 5) is 64.7. The number of carboxylic acids is 6. The van der Waals surface area contributed by atoms with Crippen LogP contribution in [0, 0.1) is 10.8 Å². The van der Waals surface area contributed by atoms with Crippen LogP contribution in [-0.4, -0.2) is 96.9 Å². The molecule has 0 aromatic rings. The van der Waals surface area contributed by atoms with Crippen LogP contribution in [0.25, 0.3) is 0 Å². The van der Waals surface area contributed by atoms with Gasteiger partial charge in [0, 0.05) is 35.6 Å². The van der Waals surface area contributed by atoms with E-state index in [1.54, 1.807) is 0 Å². The van der Waals surface area contributed by atoms with Gasteiger partial charge < -0.3 is 69.6 Å². The molecule has 2 unspecified atom stereocenters. The first kappa shape index (κ1) is 69.2. The van der Waals surface area contributed by atoms with E-state index in [4.69, 9.17) is 16.9 Å². The van der Waals surface area contributed by atoms with Gasteiger partial charge in [-0.2, -0.15) is 0 Å². The van der Waals surface area contributed by atoms with Crippen molar-refractivity contribution in [2.24, 2.45) is 10.8 Å². The van der Waals surface area contributed by atoms with Gasteiger partial charge in [-0.25, -0.2) is 0 Å². The van der Waals surface area contributed by atoms with Crippen LogP contribution in [0.3, 0.4) is 0 Å². The van der Waals surface area contributed by atoms with Gasteiger partial charge in [-0.1, -0.05) is 27.7 Å². The number of rotatable bonds is 32. The normalized spacial score (nSPS) is 12.4. The van der Waals surface area contributed by atoms with E-state index in [0.29, 0.717) is 0 Å². The molecular weight excluding hydrogens is 1050 g/mol. The van der Waals surface area contributed by atoms with E-state index in [0.717, 1.165) is 78.2 Å². The molecule has 2 atom stereocenters. The maximum absolute atomic E-state index is 11.0. The molecule has 61 heavy (non-hydrogen) atoms. The maximum atomic E-state index is 11.0. The molecule has 0 heterocycles. The van der Waals surface area contributed by atoms with Crippen LogP contribution in [-0.2, 0) is 118 Å². The van der Waals surface area contributed by atoms with Gasteiger partial charge >= 0.3 is 209 Å². The van der Waals surface area contributed by atoms with Crippen LogP contribution < -0.4 is 30.6 Å². The number of carbonyl (C=O) groups is 6. The first-order valence-corrected chi connectivity index (χ1v) is 26.3. The third kappa shape index (κ3) is 29.3. The summed E-state index contributed by atoms with van der Waals surface area (Å²) in [6.07, 6.45) is 2.64. The second-order valence-electron chi connectivity index (χ2n) is 12.9. The van der Waals surface area contributed by atoms with Crippen LogP contribution in [0.4, 0.5) is 0 Å². The Morgan fingerprint density at radius 3 is 0.656 bits per heavy atom. The van der Waals surface area contributed by atoms with E-state index >= 15 is 0 Å². The van der Waals surface area contributed by atoms with Gasteiger partial charge in [0.05, 0.1) is 23.9 Å². The Kier molecular flexibility index (Phi) is 48.8. The standard InChI is InChI=1S/2C10H16O7.6C3H7O.3Zr/c2*1-3-9(4-2,7(13)14)10(17,8(15)16)5-6(11)12;6*1-2-3-4;;;/h2*17H,3-5H2,1-2H3,(H,11,12)(H,13,14)(H,15,16);6*2-3H2,1H3;;;/q;;6*-1;3*+4/p-6. The Balaban J connectivity index is -0.000000222. The van der Waals surface area contributed by atoms with Crippen LogP contribution in [0.5, 0.6) is 0 Å². The van der Waals surface area contributed by atoms with Crippen molar-refractivity contribution in [3.8, 4) is 0 Å². The SMILES string of the molecule is CCC(CC)(C(=O)[O-])C(O)(CC(=O)[O-])C(=O)[O-].CCC(CC)(C(=O)[O-])C(O)(CC(=O)[O-])C(=O)[O-].CCC[O][Zr+2][O]CCC.CCC[O][Zr+2][O]CCC.CCC[O][Zr+2][O]CCC. The average molecular weight is 1120 g/mol. The van der Waals surface area contributed by atoms with E-state index in [2.05, 4.69) is 41.5 Å². The molecule has 352 valence electrons. The van der Waals surface area contributed by atoms with Crippen molar-refractivity contribution in [3.63, 3.8) is 0 Å². The summed E-state index contributed by atoms with van der Waals surface area (Å²) in [5, 5.41) is 84.4. The summed E-state index contributed by atoms with van der Waals surface area (Å²) in [5.41, 5.74) is -10.6. The Morgan fingerprint density at radius 2 is 0.557 bits per heavy atom. The molecule has 0 aliphatic carbocycles. The summed E-state index contributed by atoms with van der Waals surface area (Å²) >= 11 is -2.55. The molecule has 0 spiro atoms. The summed E-state index contributed by atoms with van der Waals surface area (Å²) in [6.45, 7) is 23.2. The summed E-state index contributed by atoms with van der Waals surface area (Å²) in [6, 6.07) is 0. The van der Waals surface area contributed by atoms with Crippen molar-refractivity contribution in [3.05, 3.63) is 0 Å². The molecule has 2 N–H and O–H groups in total. The molecule has 20 nitrogen and oxygen atoms in total. The van der Waals surface area contributed by atoms with Gasteiger partial charge in [-0.05, 0) is 25.7 Å². The molecule has 0 aliphatic rings. The molecule has 0 aromatic carbocycles. The van der Waals surface area contributed by atoms with Crippen LogP contribution in [0.15, 0.2) is 0 Å².